The summed E-state index contributed by atoms with van der Waals surface area (Å²) in [6.45, 7) is -3.82. The number of esters is 9. The second kappa shape index (κ2) is 38.5. The van der Waals surface area contributed by atoms with Gasteiger partial charge in [0.25, 0.3) is 5.95 Å². The third-order valence-corrected chi connectivity index (χ3v) is 18.3. The predicted molar refractivity (Wildman–Crippen MR) is 401 cm³/mol. The lowest BCUT2D eigenvalue weighted by Crippen LogP contribution is -2.64. The third-order valence-electron chi connectivity index (χ3n) is 18.3. The first kappa shape index (κ1) is 78.7. The second-order valence-electron chi connectivity index (χ2n) is 26.0. The van der Waals surface area contributed by atoms with Crippen LogP contribution in [-0.4, -0.2) is 165 Å². The van der Waals surface area contributed by atoms with Crippen LogP contribution in [0.1, 0.15) is 98.8 Å². The molecule has 0 spiro atoms. The molecule has 13 atom stereocenters. The largest absolute Gasteiger partial charge is 0.459 e. The van der Waals surface area contributed by atoms with Crippen molar-refractivity contribution in [1.29, 1.82) is 0 Å². The molecule has 0 radical (unpaired) electrons. The number of benzene rings is 10. The minimum Gasteiger partial charge on any atom is -0.459 e. The minimum absolute atomic E-state index is 0.00419. The van der Waals surface area contributed by atoms with E-state index in [1.165, 1.54) is 121 Å². The van der Waals surface area contributed by atoms with Gasteiger partial charge in [-0.1, -0.05) is 194 Å². The van der Waals surface area contributed by atoms with E-state index in [-0.39, 0.29) is 56.7 Å². The van der Waals surface area contributed by atoms with Crippen molar-refractivity contribution in [3.8, 4) is 0 Å². The number of aliphatic hydroxyl groups excluding tert-OH is 1. The molecule has 0 bridgehead atoms. The van der Waals surface area contributed by atoms with Crippen molar-refractivity contribution < 1.29 is 119 Å². The fourth-order valence-corrected chi connectivity index (χ4v) is 12.5. The number of carbonyl (C=O) groups is 9. The van der Waals surface area contributed by atoms with Crippen molar-refractivity contribution in [1.82, 2.24) is 0 Å². The van der Waals surface area contributed by atoms with Gasteiger partial charge in [0.15, 0.2) is 55.3 Å². The molecule has 3 heterocycles. The highest BCUT2D eigenvalue weighted by Gasteiger charge is 2.58. The summed E-state index contributed by atoms with van der Waals surface area (Å²) in [4.78, 5) is 132. The van der Waals surface area contributed by atoms with Crippen LogP contribution >= 0.6 is 0 Å². The Morgan fingerprint density at radius 1 is 0.281 bits per heavy atom. The summed E-state index contributed by atoms with van der Waals surface area (Å²) in [6, 6.07) is 77.9. The normalized spacial score (nSPS) is 21.6. The van der Waals surface area contributed by atoms with Crippen molar-refractivity contribution in [3.63, 3.8) is 0 Å². The highest BCUT2D eigenvalue weighted by Crippen LogP contribution is 2.40. The number of hydrogen-bond acceptors (Lipinski definition) is 25. The van der Waals surface area contributed by atoms with Gasteiger partial charge in [-0.25, -0.2) is 43.2 Å². The molecule has 13 rings (SSSR count). The van der Waals surface area contributed by atoms with Gasteiger partial charge in [-0.05, 0) is 115 Å². The fraction of sp³-hybridized carbons (Fsp3) is 0.202. The lowest BCUT2D eigenvalue weighted by atomic mass is 9.95. The van der Waals surface area contributed by atoms with Gasteiger partial charge in [0, 0.05) is 0 Å². The van der Waals surface area contributed by atoms with Gasteiger partial charge in [-0.15, -0.1) is 0 Å². The fourth-order valence-electron chi connectivity index (χ4n) is 12.5. The zero-order chi connectivity index (χ0) is 79.1. The Bertz CT molecular complexity index is 4910. The summed E-state index contributed by atoms with van der Waals surface area (Å²) < 4.78 is 98.1. The van der Waals surface area contributed by atoms with Gasteiger partial charge in [-0.3, -0.25) is 0 Å². The maximum absolute atomic E-state index is 15.2. The summed E-state index contributed by atoms with van der Waals surface area (Å²) in [6.07, 6.45) is -25.9. The molecule has 114 heavy (non-hydrogen) atoms. The van der Waals surface area contributed by atoms with Crippen LogP contribution in [-0.2, 0) is 77.7 Å². The van der Waals surface area contributed by atoms with Gasteiger partial charge in [0.05, 0.1) is 62.3 Å². The summed E-state index contributed by atoms with van der Waals surface area (Å²) in [5.41, 5.74) is 0.0906. The number of aliphatic hydroxyl groups is 1. The van der Waals surface area contributed by atoms with Crippen LogP contribution in [0.25, 0.3) is 0 Å². The lowest BCUT2D eigenvalue weighted by Gasteiger charge is -2.47. The summed E-state index contributed by atoms with van der Waals surface area (Å²) in [5, 5.41) is 13.2. The average Bonchev–Trinajstić information content (AvgIpc) is 0.759. The van der Waals surface area contributed by atoms with Crippen LogP contribution in [0, 0.1) is 0 Å². The van der Waals surface area contributed by atoms with Crippen LogP contribution in [0.15, 0.2) is 315 Å². The Labute approximate surface area is 653 Å². The van der Waals surface area contributed by atoms with E-state index in [4.69, 9.17) is 71.1 Å². The Morgan fingerprint density at radius 3 is 0.947 bits per heavy atom. The van der Waals surface area contributed by atoms with Gasteiger partial charge in [-0.2, -0.15) is 0 Å². The van der Waals surface area contributed by atoms with Crippen LogP contribution in [0.4, 0.5) is 0 Å². The van der Waals surface area contributed by atoms with Gasteiger partial charge in [0.2, 0.25) is 0 Å². The molecule has 2 fully saturated rings. The van der Waals surface area contributed by atoms with Crippen molar-refractivity contribution in [2.75, 3.05) is 26.4 Å². The van der Waals surface area contributed by atoms with E-state index in [2.05, 4.69) is 0 Å². The summed E-state index contributed by atoms with van der Waals surface area (Å²) in [5.74, 6) is -9.75. The summed E-state index contributed by atoms with van der Waals surface area (Å²) in [7, 11) is 0. The molecule has 25 nitrogen and oxygen atoms in total. The molecule has 0 aliphatic carbocycles. The molecule has 0 aromatic heterocycles. The Kier molecular flexibility index (Phi) is 26.6. The van der Waals surface area contributed by atoms with E-state index >= 15 is 9.59 Å². The van der Waals surface area contributed by atoms with Gasteiger partial charge < -0.3 is 76.2 Å². The zero-order valence-electron chi connectivity index (χ0n) is 60.7. The molecule has 580 valence electrons. The van der Waals surface area contributed by atoms with Crippen molar-refractivity contribution in [2.24, 2.45) is 0 Å². The summed E-state index contributed by atoms with van der Waals surface area (Å²) >= 11 is 0. The first-order valence-electron chi connectivity index (χ1n) is 36.2. The highest BCUT2D eigenvalue weighted by atomic mass is 16.8. The topological polar surface area (TPSA) is 312 Å². The van der Waals surface area contributed by atoms with E-state index in [1.54, 1.807) is 182 Å². The standard InChI is InChI=1S/C89H74O25/c90-70-72(108-82(95)61-41-21-6-22-42-61)67(53-101-79(92)58-35-15-3-16-36-58)107-89(75(70)111-85(98)64-47-27-9-28-48-64)113-71-66(52-100-78(91)57-33-13-2-14-34-57)87(105-68(54-102-80(93)59-37-17-4-18-38-59)73(71)109-83(96)62-43-23-7-24-44-62)114-77-76(112-86(99)65-49-29-10-30-50-65)74(110-84(97)63-45-25-8-26-46-63)69(55-103-81(94)60-39-19-5-20-40-60)106-88(77)104-51-56-31-11-1-12-32-56/h1-50,67-77,88-90H,51-55H2/t67?,68?,69?,70?,71?,72-,73-,74-,75?,76?,77?,88+,89-/m1/s1. The van der Waals surface area contributed by atoms with Gasteiger partial charge >= 0.3 is 53.7 Å². The molecule has 2 saturated heterocycles. The minimum atomic E-state index is -2.25. The number of hydrogen-bond donors (Lipinski definition) is 1. The predicted octanol–water partition coefficient (Wildman–Crippen LogP) is 12.0. The average molecular weight is 1540 g/mol. The van der Waals surface area contributed by atoms with Gasteiger partial charge in [0.1, 0.15) is 50.8 Å². The van der Waals surface area contributed by atoms with Crippen molar-refractivity contribution in [3.05, 3.63) is 370 Å². The smallest absolute Gasteiger partial charge is 0.338 e. The maximum Gasteiger partial charge on any atom is 0.338 e. The SMILES string of the molecule is O=C(OCC1=C(OC2C(OC(=O)c3ccccc3)[C@H](OC(=O)c3ccccc3)C(COC(=O)c3ccccc3)O[C@@H]2OCc2ccccc2)OC(COC(=O)c2ccccc2)[C@@H](OC(=O)c2ccccc2)C1O[C@H]1OC(COC(=O)c2ccccc2)[C@@H](OC(=O)c2ccccc2)C(O)C1OC(=O)c1ccccc1)c1ccccc1. The van der Waals surface area contributed by atoms with Crippen molar-refractivity contribution >= 4 is 53.7 Å². The second-order valence-corrected chi connectivity index (χ2v) is 26.0. The number of carbonyl (C=O) groups excluding carboxylic acids is 9. The quantitative estimate of drug-likeness (QED) is 0.0336. The van der Waals surface area contributed by atoms with Crippen LogP contribution in [0.2, 0.25) is 0 Å². The lowest BCUT2D eigenvalue weighted by molar-refractivity contribution is -0.324. The molecular formula is C89H74O25. The Morgan fingerprint density at radius 2 is 0.570 bits per heavy atom. The number of rotatable bonds is 29. The third kappa shape index (κ3) is 20.2. The molecule has 0 amide bonds. The van der Waals surface area contributed by atoms with E-state index in [1.807, 2.05) is 0 Å². The van der Waals surface area contributed by atoms with E-state index in [0.717, 1.165) is 0 Å². The van der Waals surface area contributed by atoms with Crippen LogP contribution in [0.3, 0.4) is 0 Å². The van der Waals surface area contributed by atoms with Crippen molar-refractivity contribution in [2.45, 2.75) is 86.3 Å². The molecule has 25 heteroatoms. The molecule has 3 aliphatic heterocycles. The monoisotopic (exact) mass is 1540 g/mol. The first-order valence-corrected chi connectivity index (χ1v) is 36.2. The first-order chi connectivity index (χ1) is 55.7. The molecule has 8 unspecified atom stereocenters. The molecule has 3 aliphatic rings. The Hall–Kier alpha value is -13.4. The number of ether oxygens (including phenoxy) is 15. The molecule has 0 saturated carbocycles. The van der Waals surface area contributed by atoms with Crippen LogP contribution in [0.5, 0.6) is 0 Å². The maximum atomic E-state index is 15.2. The highest BCUT2D eigenvalue weighted by molar-refractivity contribution is 5.94. The Balaban J connectivity index is 1.02. The molecule has 10 aromatic carbocycles. The van der Waals surface area contributed by atoms with E-state index < -0.39 is 171 Å². The van der Waals surface area contributed by atoms with E-state index in [9.17, 15) is 38.7 Å². The molecular weight excluding hydrogens is 1470 g/mol. The van der Waals surface area contributed by atoms with Crippen LogP contribution < -0.4 is 0 Å². The molecule has 10 aromatic rings. The van der Waals surface area contributed by atoms with E-state index in [0.29, 0.717) is 5.56 Å². The molecule has 1 N–H and O–H groups in total. The zero-order valence-corrected chi connectivity index (χ0v) is 60.7.